The maximum Gasteiger partial charge on any atom is 0.312 e. The molecule has 0 aliphatic rings. The van der Waals surface area contributed by atoms with Crippen molar-refractivity contribution in [2.24, 2.45) is 0 Å². The molecule has 0 bridgehead atoms. The molecule has 1 heterocycles. The van der Waals surface area contributed by atoms with E-state index in [2.05, 4.69) is 4.98 Å². The molecule has 0 aliphatic heterocycles. The van der Waals surface area contributed by atoms with E-state index >= 15 is 0 Å². The van der Waals surface area contributed by atoms with Crippen LogP contribution in [0.4, 0.5) is 0 Å². The van der Waals surface area contributed by atoms with Gasteiger partial charge in [-0.2, -0.15) is 0 Å². The lowest BCUT2D eigenvalue weighted by atomic mass is 10.1. The summed E-state index contributed by atoms with van der Waals surface area (Å²) in [6.07, 6.45) is -0.269. The van der Waals surface area contributed by atoms with Gasteiger partial charge in [0.15, 0.2) is 0 Å². The molecule has 2 rings (SSSR count). The number of para-hydroxylation sites is 1. The van der Waals surface area contributed by atoms with Gasteiger partial charge in [0.05, 0.1) is 0 Å². The molecule has 2 aromatic rings. The van der Waals surface area contributed by atoms with Crippen LogP contribution >= 0.6 is 0 Å². The van der Waals surface area contributed by atoms with E-state index in [1.807, 2.05) is 0 Å². The summed E-state index contributed by atoms with van der Waals surface area (Å²) in [6.45, 7) is 1.68. The van der Waals surface area contributed by atoms with Gasteiger partial charge in [-0.25, -0.2) is 4.98 Å². The molecule has 5 nitrogen and oxygen atoms in total. The average molecular weight is 233 g/mol. The highest BCUT2D eigenvalue weighted by Gasteiger charge is 2.15. The van der Waals surface area contributed by atoms with Crippen LogP contribution in [0.15, 0.2) is 28.7 Å². The molecular formula is C12H11NO4. The lowest BCUT2D eigenvalue weighted by Crippen LogP contribution is -1.99. The van der Waals surface area contributed by atoms with E-state index in [0.717, 1.165) is 0 Å². The summed E-state index contributed by atoms with van der Waals surface area (Å²) in [7, 11) is 0. The van der Waals surface area contributed by atoms with Crippen LogP contribution in [0.25, 0.3) is 11.3 Å². The number of oxazole rings is 1. The molecule has 0 saturated heterocycles. The number of carboxylic acids is 1. The Kier molecular flexibility index (Phi) is 2.82. The summed E-state index contributed by atoms with van der Waals surface area (Å²) >= 11 is 0. The molecule has 0 atom stereocenters. The Balaban J connectivity index is 2.43. The van der Waals surface area contributed by atoms with Gasteiger partial charge in [-0.15, -0.1) is 0 Å². The van der Waals surface area contributed by atoms with E-state index in [-0.39, 0.29) is 18.1 Å². The van der Waals surface area contributed by atoms with Gasteiger partial charge in [-0.05, 0) is 19.1 Å². The number of carbonyl (C=O) groups is 1. The zero-order chi connectivity index (χ0) is 12.4. The Hall–Kier alpha value is -2.30. The average Bonchev–Trinajstić information content (AvgIpc) is 2.59. The topological polar surface area (TPSA) is 83.6 Å². The van der Waals surface area contributed by atoms with Crippen LogP contribution in [0.2, 0.25) is 0 Å². The van der Waals surface area contributed by atoms with Crippen molar-refractivity contribution >= 4 is 5.97 Å². The molecule has 17 heavy (non-hydrogen) atoms. The van der Waals surface area contributed by atoms with E-state index in [4.69, 9.17) is 9.52 Å². The number of nitrogens with zero attached hydrogens (tertiary/aromatic N) is 1. The number of aliphatic carboxylic acids is 1. The van der Waals surface area contributed by atoms with Crippen molar-refractivity contribution in [3.63, 3.8) is 0 Å². The summed E-state index contributed by atoms with van der Waals surface area (Å²) in [5.41, 5.74) is 1.00. The first-order chi connectivity index (χ1) is 8.08. The zero-order valence-corrected chi connectivity index (χ0v) is 9.17. The molecule has 5 heteroatoms. The highest BCUT2D eigenvalue weighted by molar-refractivity contribution is 5.71. The molecule has 0 fully saturated rings. The normalized spacial score (nSPS) is 10.4. The molecular weight excluding hydrogens is 222 g/mol. The third-order valence-electron chi connectivity index (χ3n) is 2.30. The second kappa shape index (κ2) is 4.29. The summed E-state index contributed by atoms with van der Waals surface area (Å²) in [4.78, 5) is 14.6. The Morgan fingerprint density at radius 2 is 2.12 bits per heavy atom. The molecule has 1 aromatic carbocycles. The minimum atomic E-state index is -1.00. The molecule has 0 aliphatic carbocycles. The number of hydrogen-bond acceptors (Lipinski definition) is 4. The maximum absolute atomic E-state index is 10.5. The number of aromatic hydroxyl groups is 1. The Bertz CT molecular complexity index is 559. The lowest BCUT2D eigenvalue weighted by Gasteiger charge is -1.99. The van der Waals surface area contributed by atoms with Gasteiger partial charge in [0.1, 0.15) is 23.6 Å². The van der Waals surface area contributed by atoms with Crippen molar-refractivity contribution in [1.82, 2.24) is 4.98 Å². The number of aryl methyl sites for hydroxylation is 1. The lowest BCUT2D eigenvalue weighted by molar-refractivity contribution is -0.136. The molecule has 0 amide bonds. The number of phenolic OH excluding ortho intramolecular Hbond substituents is 1. The molecule has 88 valence electrons. The van der Waals surface area contributed by atoms with Crippen molar-refractivity contribution in [2.45, 2.75) is 13.3 Å². The fourth-order valence-electron chi connectivity index (χ4n) is 1.58. The van der Waals surface area contributed by atoms with Crippen LogP contribution in [0.1, 0.15) is 11.7 Å². The molecule has 2 N–H and O–H groups in total. The van der Waals surface area contributed by atoms with Crippen LogP contribution in [-0.2, 0) is 11.2 Å². The molecule has 0 saturated carbocycles. The zero-order valence-electron chi connectivity index (χ0n) is 9.17. The van der Waals surface area contributed by atoms with Gasteiger partial charge in [0.2, 0.25) is 5.89 Å². The van der Waals surface area contributed by atoms with Crippen LogP contribution in [0, 0.1) is 6.92 Å². The quantitative estimate of drug-likeness (QED) is 0.846. The monoisotopic (exact) mass is 233 g/mol. The fourth-order valence-corrected chi connectivity index (χ4v) is 1.58. The first-order valence-electron chi connectivity index (χ1n) is 5.04. The van der Waals surface area contributed by atoms with Crippen molar-refractivity contribution in [3.8, 4) is 17.0 Å². The molecule has 1 aromatic heterocycles. The van der Waals surface area contributed by atoms with E-state index in [9.17, 15) is 9.90 Å². The van der Waals surface area contributed by atoms with Crippen LogP contribution in [-0.4, -0.2) is 21.2 Å². The number of carboxylic acid groups (broad SMARTS) is 1. The summed E-state index contributed by atoms with van der Waals surface area (Å²) < 4.78 is 5.23. The number of rotatable bonds is 3. The third-order valence-corrected chi connectivity index (χ3v) is 2.30. The predicted octanol–water partition coefficient (Wildman–Crippen LogP) is 1.98. The maximum atomic E-state index is 10.5. The molecule has 0 spiro atoms. The van der Waals surface area contributed by atoms with Gasteiger partial charge in [-0.1, -0.05) is 12.1 Å². The van der Waals surface area contributed by atoms with Crippen molar-refractivity contribution in [2.75, 3.05) is 0 Å². The minimum absolute atomic E-state index is 0.0887. The van der Waals surface area contributed by atoms with Crippen LogP contribution < -0.4 is 0 Å². The number of aromatic nitrogens is 1. The standard InChI is InChI=1S/C12H11NO4/c1-7-12(8-4-2-3-5-9(8)14)13-10(17-7)6-11(15)16/h2-5,14H,6H2,1H3,(H,15,16). The van der Waals surface area contributed by atoms with Crippen LogP contribution in [0.5, 0.6) is 5.75 Å². The Labute approximate surface area is 97.3 Å². The highest BCUT2D eigenvalue weighted by Crippen LogP contribution is 2.30. The Morgan fingerprint density at radius 1 is 1.41 bits per heavy atom. The first-order valence-corrected chi connectivity index (χ1v) is 5.04. The second-order valence-electron chi connectivity index (χ2n) is 3.60. The van der Waals surface area contributed by atoms with E-state index < -0.39 is 5.97 Å². The third kappa shape index (κ3) is 2.28. The van der Waals surface area contributed by atoms with Gasteiger partial charge in [0.25, 0.3) is 0 Å². The van der Waals surface area contributed by atoms with Crippen LogP contribution in [0.3, 0.4) is 0 Å². The minimum Gasteiger partial charge on any atom is -0.507 e. The van der Waals surface area contributed by atoms with Gasteiger partial charge in [-0.3, -0.25) is 4.79 Å². The number of phenols is 1. The number of benzene rings is 1. The summed E-state index contributed by atoms with van der Waals surface area (Å²) in [5, 5.41) is 18.3. The highest BCUT2D eigenvalue weighted by atomic mass is 16.4. The van der Waals surface area contributed by atoms with Gasteiger partial charge < -0.3 is 14.6 Å². The summed E-state index contributed by atoms with van der Waals surface area (Å²) in [5.74, 6) is -0.295. The van der Waals surface area contributed by atoms with E-state index in [1.54, 1.807) is 31.2 Å². The predicted molar refractivity (Wildman–Crippen MR) is 59.7 cm³/mol. The van der Waals surface area contributed by atoms with Gasteiger partial charge >= 0.3 is 5.97 Å². The molecule has 0 radical (unpaired) electrons. The fraction of sp³-hybridized carbons (Fsp3) is 0.167. The van der Waals surface area contributed by atoms with E-state index in [1.165, 1.54) is 0 Å². The SMILES string of the molecule is Cc1oc(CC(=O)O)nc1-c1ccccc1O. The van der Waals surface area contributed by atoms with Crippen molar-refractivity contribution in [3.05, 3.63) is 35.9 Å². The smallest absolute Gasteiger partial charge is 0.312 e. The second-order valence-corrected chi connectivity index (χ2v) is 3.60. The Morgan fingerprint density at radius 3 is 2.76 bits per heavy atom. The first kappa shape index (κ1) is 11.2. The van der Waals surface area contributed by atoms with E-state index in [0.29, 0.717) is 17.0 Å². The summed E-state index contributed by atoms with van der Waals surface area (Å²) in [6, 6.07) is 6.71. The molecule has 0 unspecified atom stereocenters. The number of hydrogen-bond donors (Lipinski definition) is 2. The van der Waals surface area contributed by atoms with Crippen molar-refractivity contribution in [1.29, 1.82) is 0 Å². The van der Waals surface area contributed by atoms with Gasteiger partial charge in [0, 0.05) is 5.56 Å². The van der Waals surface area contributed by atoms with Crippen molar-refractivity contribution < 1.29 is 19.4 Å². The largest absolute Gasteiger partial charge is 0.507 e.